The molecule has 1 aliphatic rings. The van der Waals surface area contributed by atoms with E-state index in [-0.39, 0.29) is 10.6 Å². The number of benzene rings is 3. The van der Waals surface area contributed by atoms with Crippen molar-refractivity contribution in [3.8, 4) is 22.5 Å². The summed E-state index contributed by atoms with van der Waals surface area (Å²) in [6.07, 6.45) is 11.1. The quantitative estimate of drug-likeness (QED) is 0.0864. The Balaban J connectivity index is 0.000000501. The molecule has 0 spiro atoms. The van der Waals surface area contributed by atoms with Crippen LogP contribution < -0.4 is 0 Å². The van der Waals surface area contributed by atoms with Gasteiger partial charge in [-0.05, 0) is 48.7 Å². The summed E-state index contributed by atoms with van der Waals surface area (Å²) in [5.74, 6) is 0. The predicted molar refractivity (Wildman–Crippen MR) is 176 cm³/mol. The van der Waals surface area contributed by atoms with Gasteiger partial charge >= 0.3 is 0 Å². The molecule has 0 radical (unpaired) electrons. The molecule has 4 heterocycles. The molecule has 7 heteroatoms. The maximum Gasteiger partial charge on any atom is 0.279 e. The number of nitro benzene ring substituents is 1. The van der Waals surface area contributed by atoms with Gasteiger partial charge in [0.05, 0.1) is 38.4 Å². The minimum atomic E-state index is -0.375. The van der Waals surface area contributed by atoms with E-state index in [1.165, 1.54) is 31.2 Å². The van der Waals surface area contributed by atoms with Gasteiger partial charge in [0.1, 0.15) is 5.52 Å². The van der Waals surface area contributed by atoms with Crippen LogP contribution in [0.25, 0.3) is 55.2 Å². The molecule has 0 saturated heterocycles. The molecule has 3 aromatic heterocycles. The number of aryl methyl sites for hydroxylation is 1. The monoisotopic (exact) mass is 567 g/mol. The molecule has 1 aliphatic heterocycles. The summed E-state index contributed by atoms with van der Waals surface area (Å²) in [5.41, 5.74) is 7.83. The Morgan fingerprint density at radius 2 is 1.47 bits per heavy atom. The third kappa shape index (κ3) is 5.71. The number of hydrogen-bond acceptors (Lipinski definition) is 6. The molecule has 0 atom stereocenters. The summed E-state index contributed by atoms with van der Waals surface area (Å²) in [5, 5.41) is 13.9. The van der Waals surface area contributed by atoms with Crippen molar-refractivity contribution in [2.45, 2.75) is 52.4 Å². The fraction of sp³-hybridized carbons (Fsp3) is 0.222. The van der Waals surface area contributed by atoms with Crippen LogP contribution in [0.15, 0.2) is 90.1 Å². The van der Waals surface area contributed by atoms with E-state index < -0.39 is 0 Å². The molecule has 7 nitrogen and oxygen atoms in total. The van der Waals surface area contributed by atoms with Gasteiger partial charge in [0.2, 0.25) is 0 Å². The zero-order valence-electron chi connectivity index (χ0n) is 24.5. The second-order valence-corrected chi connectivity index (χ2v) is 10.8. The number of pyridine rings is 3. The first kappa shape index (κ1) is 28.1. The van der Waals surface area contributed by atoms with E-state index in [1.54, 1.807) is 24.4 Å². The Bertz CT molecular complexity index is 2000. The van der Waals surface area contributed by atoms with E-state index >= 15 is 0 Å². The number of fused-ring (bicyclic) bond motifs is 6. The van der Waals surface area contributed by atoms with E-state index in [9.17, 15) is 10.1 Å². The van der Waals surface area contributed by atoms with Crippen LogP contribution in [-0.2, 0) is 6.42 Å². The predicted octanol–water partition coefficient (Wildman–Crippen LogP) is 9.81. The summed E-state index contributed by atoms with van der Waals surface area (Å²) in [6, 6.07) is 25.2. The van der Waals surface area contributed by atoms with Gasteiger partial charge in [-0.3, -0.25) is 20.1 Å². The lowest BCUT2D eigenvalue weighted by Gasteiger charge is -2.13. The van der Waals surface area contributed by atoms with Gasteiger partial charge in [-0.15, -0.1) is 0 Å². The maximum absolute atomic E-state index is 11.6. The van der Waals surface area contributed by atoms with E-state index in [1.807, 2.05) is 42.6 Å². The molecular weight excluding hydrogens is 534 g/mol. The second kappa shape index (κ2) is 12.4. The molecule has 6 aromatic rings. The molecule has 43 heavy (non-hydrogen) atoms. The molecule has 7 rings (SSSR count). The minimum Gasteiger partial charge on any atom is -0.259 e. The molecule has 214 valence electrons. The van der Waals surface area contributed by atoms with Crippen molar-refractivity contribution < 1.29 is 4.92 Å². The van der Waals surface area contributed by atoms with Crippen molar-refractivity contribution in [1.82, 2.24) is 15.0 Å². The topological polar surface area (TPSA) is 94.2 Å². The average Bonchev–Trinajstić information content (AvgIpc) is 3.06. The smallest absolute Gasteiger partial charge is 0.259 e. The largest absolute Gasteiger partial charge is 0.279 e. The van der Waals surface area contributed by atoms with Gasteiger partial charge in [0, 0.05) is 40.4 Å². The third-order valence-electron chi connectivity index (χ3n) is 7.82. The molecule has 0 unspecified atom stereocenters. The molecular formula is C36H33N5O2. The highest BCUT2D eigenvalue weighted by Gasteiger charge is 2.18. The zero-order chi connectivity index (χ0) is 29.8. The number of hydrogen-bond donors (Lipinski definition) is 0. The number of unbranched alkanes of at least 4 members (excludes halogenated alkanes) is 3. The third-order valence-corrected chi connectivity index (χ3v) is 7.82. The van der Waals surface area contributed by atoms with Gasteiger partial charge < -0.3 is 0 Å². The van der Waals surface area contributed by atoms with Crippen LogP contribution in [0.2, 0.25) is 0 Å². The Hall–Kier alpha value is -5.04. The van der Waals surface area contributed by atoms with Crippen LogP contribution in [0.5, 0.6) is 0 Å². The van der Waals surface area contributed by atoms with Crippen molar-refractivity contribution in [3.05, 3.63) is 101 Å². The molecule has 3 aromatic carbocycles. The Kier molecular flexibility index (Phi) is 8.13. The number of non-ortho nitro benzene ring substituents is 1. The number of nitro groups is 1. The summed E-state index contributed by atoms with van der Waals surface area (Å²) in [6.45, 7) is 4.46. The SMILES string of the molecule is CCCCCC.O=[N+]([O-])c1cc2ccc(-c3cccc(-c4ccc5ccc6c(c5n4)N=CCC6)c3)nc2c2ncccc12. The Morgan fingerprint density at radius 1 is 0.767 bits per heavy atom. The number of rotatable bonds is 6. The van der Waals surface area contributed by atoms with Gasteiger partial charge in [0.25, 0.3) is 5.69 Å². The molecule has 0 fully saturated rings. The molecule has 0 amide bonds. The van der Waals surface area contributed by atoms with Crippen LogP contribution in [0.3, 0.4) is 0 Å². The fourth-order valence-electron chi connectivity index (χ4n) is 5.55. The van der Waals surface area contributed by atoms with Crippen molar-refractivity contribution >= 4 is 50.3 Å². The molecule has 0 bridgehead atoms. The Labute approximate surface area is 250 Å². The first-order valence-corrected chi connectivity index (χ1v) is 15.0. The van der Waals surface area contributed by atoms with Crippen molar-refractivity contribution in [2.75, 3.05) is 0 Å². The highest BCUT2D eigenvalue weighted by molar-refractivity contribution is 6.08. The summed E-state index contributed by atoms with van der Waals surface area (Å²) in [4.78, 5) is 30.2. The first-order valence-electron chi connectivity index (χ1n) is 15.0. The summed E-state index contributed by atoms with van der Waals surface area (Å²) >= 11 is 0. The van der Waals surface area contributed by atoms with Crippen LogP contribution in [0.4, 0.5) is 11.4 Å². The minimum absolute atomic E-state index is 0.0287. The van der Waals surface area contributed by atoms with Gasteiger partial charge in [-0.2, -0.15) is 0 Å². The van der Waals surface area contributed by atoms with Crippen LogP contribution >= 0.6 is 0 Å². The summed E-state index contributed by atoms with van der Waals surface area (Å²) in [7, 11) is 0. The number of aromatic nitrogens is 3. The highest BCUT2D eigenvalue weighted by Crippen LogP contribution is 2.35. The first-order chi connectivity index (χ1) is 21.1. The second-order valence-electron chi connectivity index (χ2n) is 10.8. The number of aliphatic imine (C=N–C) groups is 1. The van der Waals surface area contributed by atoms with Crippen LogP contribution in [0, 0.1) is 10.1 Å². The fourth-order valence-corrected chi connectivity index (χ4v) is 5.55. The lowest BCUT2D eigenvalue weighted by atomic mass is 10.0. The maximum atomic E-state index is 11.6. The highest BCUT2D eigenvalue weighted by atomic mass is 16.6. The van der Waals surface area contributed by atoms with E-state index in [4.69, 9.17) is 9.97 Å². The van der Waals surface area contributed by atoms with E-state index in [0.29, 0.717) is 21.8 Å². The molecule has 0 saturated carbocycles. The average molecular weight is 568 g/mol. The van der Waals surface area contributed by atoms with Crippen LogP contribution in [0.1, 0.15) is 51.5 Å². The van der Waals surface area contributed by atoms with E-state index in [0.717, 1.165) is 51.9 Å². The normalized spacial score (nSPS) is 12.2. The van der Waals surface area contributed by atoms with Crippen LogP contribution in [-0.4, -0.2) is 26.1 Å². The standard InChI is InChI=1S/C30H19N5O2.C6H14/c36-35(37)26-17-22-11-13-25(34-29(22)30-23(26)7-3-15-32-30)21-5-1-4-20(16-21)24-12-10-19-9-8-18-6-2-14-31-27(18)28(19)33-24;1-3-5-6-4-2/h1,3-5,7-17H,2,6H2;3-6H2,1-2H3. The zero-order valence-corrected chi connectivity index (χ0v) is 24.5. The van der Waals surface area contributed by atoms with E-state index in [2.05, 4.69) is 48.1 Å². The number of nitrogens with zero attached hydrogens (tertiary/aromatic N) is 5. The van der Waals surface area contributed by atoms with Crippen molar-refractivity contribution in [3.63, 3.8) is 0 Å². The van der Waals surface area contributed by atoms with Crippen molar-refractivity contribution in [1.29, 1.82) is 0 Å². The van der Waals surface area contributed by atoms with Gasteiger partial charge in [-0.25, -0.2) is 9.97 Å². The van der Waals surface area contributed by atoms with Crippen molar-refractivity contribution in [2.24, 2.45) is 4.99 Å². The lowest BCUT2D eigenvalue weighted by Crippen LogP contribution is -1.96. The molecule has 0 aliphatic carbocycles. The summed E-state index contributed by atoms with van der Waals surface area (Å²) < 4.78 is 0. The molecule has 0 N–H and O–H groups in total. The van der Waals surface area contributed by atoms with Gasteiger partial charge in [-0.1, -0.05) is 82.0 Å². The lowest BCUT2D eigenvalue weighted by molar-refractivity contribution is -0.382. The van der Waals surface area contributed by atoms with Gasteiger partial charge in [0.15, 0.2) is 0 Å². The Morgan fingerprint density at radius 3 is 2.19 bits per heavy atom.